The molecule has 0 spiro atoms. The van der Waals surface area contributed by atoms with Crippen molar-refractivity contribution in [2.45, 2.75) is 23.8 Å². The van der Waals surface area contributed by atoms with Crippen LogP contribution in [0.4, 0.5) is 0 Å². The van der Waals surface area contributed by atoms with E-state index in [9.17, 15) is 9.90 Å². The summed E-state index contributed by atoms with van der Waals surface area (Å²) < 4.78 is 0. The lowest BCUT2D eigenvalue weighted by atomic mass is 10.1. The highest BCUT2D eigenvalue weighted by Gasteiger charge is 2.33. The summed E-state index contributed by atoms with van der Waals surface area (Å²) in [4.78, 5) is 13.2. The Hall–Kier alpha value is 0.260. The molecular weight excluding hydrogens is 266 g/mol. The van der Waals surface area contributed by atoms with Gasteiger partial charge in [-0.25, -0.2) is 0 Å². The summed E-state index contributed by atoms with van der Waals surface area (Å²) in [5.41, 5.74) is -0.772. The second-order valence-corrected chi connectivity index (χ2v) is 5.92. The number of alkyl halides is 1. The third-order valence-corrected chi connectivity index (χ3v) is 3.98. The molecule has 0 aromatic rings. The van der Waals surface area contributed by atoms with Crippen LogP contribution in [0.3, 0.4) is 0 Å². The van der Waals surface area contributed by atoms with E-state index >= 15 is 0 Å². The average molecular weight is 282 g/mol. The van der Waals surface area contributed by atoms with Crippen molar-refractivity contribution in [1.29, 1.82) is 0 Å². The maximum absolute atomic E-state index is 11.5. The first kappa shape index (κ1) is 12.3. The van der Waals surface area contributed by atoms with E-state index in [0.717, 1.165) is 13.0 Å². The quantitative estimate of drug-likeness (QED) is 0.785. The summed E-state index contributed by atoms with van der Waals surface area (Å²) in [6.45, 7) is 2.96. The number of nitrogens with zero attached hydrogens (tertiary/aromatic N) is 1. The Morgan fingerprint density at radius 1 is 1.79 bits per heavy atom. The lowest BCUT2D eigenvalue weighted by Crippen LogP contribution is -2.44. The van der Waals surface area contributed by atoms with Gasteiger partial charge in [-0.15, -0.1) is 0 Å². The number of carbonyl (C=O) groups excluding carboxylic acids is 1. The Morgan fingerprint density at radius 2 is 2.43 bits per heavy atom. The number of rotatable bonds is 4. The summed E-state index contributed by atoms with van der Waals surface area (Å²) in [7, 11) is 0. The van der Waals surface area contributed by atoms with E-state index in [0.29, 0.717) is 12.3 Å². The number of amides is 1. The minimum absolute atomic E-state index is 0.0485. The number of thioether (sulfide) groups is 1. The van der Waals surface area contributed by atoms with Crippen LogP contribution in [0.2, 0.25) is 0 Å². The zero-order valence-electron chi connectivity index (χ0n) is 8.49. The molecule has 1 amide bonds. The summed E-state index contributed by atoms with van der Waals surface area (Å²) in [6, 6.07) is 0. The van der Waals surface area contributed by atoms with E-state index in [1.165, 1.54) is 0 Å². The van der Waals surface area contributed by atoms with Gasteiger partial charge in [0.1, 0.15) is 0 Å². The van der Waals surface area contributed by atoms with Gasteiger partial charge in [0.25, 0.3) is 0 Å². The van der Waals surface area contributed by atoms with Crippen molar-refractivity contribution in [3.8, 4) is 0 Å². The molecule has 1 aliphatic heterocycles. The van der Waals surface area contributed by atoms with Gasteiger partial charge in [-0.1, -0.05) is 15.9 Å². The fraction of sp³-hybridized carbons (Fsp3) is 0.889. The molecule has 82 valence electrons. The molecule has 0 aliphatic carbocycles. The number of hydrogen-bond donors (Lipinski definition) is 1. The van der Waals surface area contributed by atoms with Crippen LogP contribution in [-0.2, 0) is 4.79 Å². The van der Waals surface area contributed by atoms with E-state index in [2.05, 4.69) is 15.9 Å². The summed E-state index contributed by atoms with van der Waals surface area (Å²) in [5.74, 6) is 0.760. The molecule has 2 unspecified atom stereocenters. The maximum atomic E-state index is 11.5. The van der Waals surface area contributed by atoms with Crippen LogP contribution in [0, 0.1) is 0 Å². The molecule has 0 bridgehead atoms. The number of β-amino-alcohol motifs (C(OH)–C–C–N with tert-alkyl or cyclic N) is 1. The van der Waals surface area contributed by atoms with E-state index in [1.54, 1.807) is 23.6 Å². The van der Waals surface area contributed by atoms with Crippen LogP contribution in [-0.4, -0.2) is 51.4 Å². The van der Waals surface area contributed by atoms with Crippen LogP contribution in [0.15, 0.2) is 0 Å². The molecule has 2 atom stereocenters. The Kier molecular flexibility index (Phi) is 4.28. The molecule has 1 rings (SSSR count). The Balaban J connectivity index is 2.48. The van der Waals surface area contributed by atoms with Gasteiger partial charge < -0.3 is 10.0 Å². The molecule has 0 aromatic carbocycles. The Labute approximate surface area is 97.4 Å². The second-order valence-electron chi connectivity index (χ2n) is 3.95. The van der Waals surface area contributed by atoms with Crippen LogP contribution in [0.25, 0.3) is 0 Å². The van der Waals surface area contributed by atoms with Crippen LogP contribution < -0.4 is 0 Å². The number of halogens is 1. The normalized spacial score (nSPS) is 26.7. The van der Waals surface area contributed by atoms with Gasteiger partial charge in [0.05, 0.1) is 10.4 Å². The molecule has 3 nitrogen and oxygen atoms in total. The molecule has 1 saturated heterocycles. The molecule has 1 fully saturated rings. The predicted octanol–water partition coefficient (Wildman–Crippen LogP) is 1.10. The number of aliphatic hydroxyl groups is 1. The Bertz CT molecular complexity index is 223. The van der Waals surface area contributed by atoms with E-state index in [4.69, 9.17) is 0 Å². The van der Waals surface area contributed by atoms with Crippen molar-refractivity contribution >= 4 is 33.6 Å². The largest absolute Gasteiger partial charge is 0.387 e. The fourth-order valence-corrected chi connectivity index (χ4v) is 2.83. The minimum Gasteiger partial charge on any atom is -0.387 e. The molecule has 0 radical (unpaired) electrons. The van der Waals surface area contributed by atoms with Gasteiger partial charge in [0, 0.05) is 18.8 Å². The van der Waals surface area contributed by atoms with Crippen LogP contribution >= 0.6 is 27.7 Å². The minimum atomic E-state index is -0.772. The van der Waals surface area contributed by atoms with Crippen molar-refractivity contribution < 1.29 is 9.90 Å². The van der Waals surface area contributed by atoms with Gasteiger partial charge in [-0.3, -0.25) is 4.79 Å². The second kappa shape index (κ2) is 4.86. The average Bonchev–Trinajstić information content (AvgIpc) is 2.35. The highest BCUT2D eigenvalue weighted by Crippen LogP contribution is 2.21. The molecule has 1 heterocycles. The molecule has 1 N–H and O–H groups in total. The highest BCUT2D eigenvalue weighted by atomic mass is 79.9. The van der Waals surface area contributed by atoms with Crippen LogP contribution in [0.1, 0.15) is 13.3 Å². The third-order valence-electron chi connectivity index (χ3n) is 2.22. The van der Waals surface area contributed by atoms with Crippen LogP contribution in [0.5, 0.6) is 0 Å². The molecule has 5 heteroatoms. The summed E-state index contributed by atoms with van der Waals surface area (Å²) >= 11 is 4.91. The number of carbonyl (C=O) groups is 1. The van der Waals surface area contributed by atoms with Crippen molar-refractivity contribution in [3.63, 3.8) is 0 Å². The van der Waals surface area contributed by atoms with Crippen molar-refractivity contribution in [2.24, 2.45) is 0 Å². The van der Waals surface area contributed by atoms with Crippen molar-refractivity contribution in [2.75, 3.05) is 25.1 Å². The first-order valence-electron chi connectivity index (χ1n) is 4.60. The SMILES string of the molecule is CSCC(C)(O)CN1CCC(Br)C1=O. The Morgan fingerprint density at radius 3 is 2.86 bits per heavy atom. The smallest absolute Gasteiger partial charge is 0.236 e. The maximum Gasteiger partial charge on any atom is 0.236 e. The molecule has 0 aromatic heterocycles. The van der Waals surface area contributed by atoms with Crippen molar-refractivity contribution in [1.82, 2.24) is 4.90 Å². The van der Waals surface area contributed by atoms with Gasteiger partial charge in [-0.2, -0.15) is 11.8 Å². The standard InChI is InChI=1S/C9H16BrNO2S/c1-9(13,6-14-2)5-11-4-3-7(10)8(11)12/h7,13H,3-6H2,1-2H3. The summed E-state index contributed by atoms with van der Waals surface area (Å²) in [5, 5.41) is 9.95. The summed E-state index contributed by atoms with van der Waals surface area (Å²) in [6.07, 6.45) is 2.79. The van der Waals surface area contributed by atoms with E-state index in [-0.39, 0.29) is 10.7 Å². The lowest BCUT2D eigenvalue weighted by Gasteiger charge is -2.28. The zero-order valence-corrected chi connectivity index (χ0v) is 10.9. The van der Waals surface area contributed by atoms with Gasteiger partial charge in [0.2, 0.25) is 5.91 Å². The zero-order chi connectivity index (χ0) is 10.8. The van der Waals surface area contributed by atoms with E-state index in [1.807, 2.05) is 6.26 Å². The fourth-order valence-electron chi connectivity index (χ4n) is 1.63. The molecule has 14 heavy (non-hydrogen) atoms. The lowest BCUT2D eigenvalue weighted by molar-refractivity contribution is -0.129. The molecule has 0 saturated carbocycles. The highest BCUT2D eigenvalue weighted by molar-refractivity contribution is 9.10. The first-order chi connectivity index (χ1) is 6.46. The van der Waals surface area contributed by atoms with Gasteiger partial charge >= 0.3 is 0 Å². The monoisotopic (exact) mass is 281 g/mol. The predicted molar refractivity (Wildman–Crippen MR) is 62.9 cm³/mol. The first-order valence-corrected chi connectivity index (χ1v) is 6.91. The number of hydrogen-bond acceptors (Lipinski definition) is 3. The van der Waals surface area contributed by atoms with Gasteiger partial charge in [-0.05, 0) is 19.6 Å². The number of likely N-dealkylation sites (tertiary alicyclic amines) is 1. The van der Waals surface area contributed by atoms with Crippen molar-refractivity contribution in [3.05, 3.63) is 0 Å². The molecule has 1 aliphatic rings. The van der Waals surface area contributed by atoms with Gasteiger partial charge in [0.15, 0.2) is 0 Å². The third kappa shape index (κ3) is 3.14. The topological polar surface area (TPSA) is 40.5 Å². The molecular formula is C9H16BrNO2S. The van der Waals surface area contributed by atoms with E-state index < -0.39 is 5.60 Å².